The molecule has 25 heavy (non-hydrogen) atoms. The Balaban J connectivity index is 1.45. The van der Waals surface area contributed by atoms with Crippen LogP contribution in [0.2, 0.25) is 0 Å². The smallest absolute Gasteiger partial charge is 0.272 e. The Labute approximate surface area is 148 Å². The Bertz CT molecular complexity index is 732. The lowest BCUT2D eigenvalue weighted by Crippen LogP contribution is -2.28. The van der Waals surface area contributed by atoms with E-state index in [-0.39, 0.29) is 5.91 Å². The molecule has 1 aromatic heterocycles. The lowest BCUT2D eigenvalue weighted by atomic mass is 10.2. The number of nitrogens with zero attached hydrogens (tertiary/aromatic N) is 3. The zero-order valence-corrected chi connectivity index (χ0v) is 14.4. The number of aromatic nitrogens is 1. The molecular weight excluding hydrogens is 312 g/mol. The zero-order valence-electron chi connectivity index (χ0n) is 14.4. The number of benzene rings is 1. The Hall–Kier alpha value is -2.56. The first-order chi connectivity index (χ1) is 12.3. The molecule has 3 heterocycles. The van der Waals surface area contributed by atoms with Gasteiger partial charge in [-0.2, -0.15) is 0 Å². The van der Waals surface area contributed by atoms with E-state index in [9.17, 15) is 4.79 Å². The first-order valence-electron chi connectivity index (χ1n) is 9.17. The predicted molar refractivity (Wildman–Crippen MR) is 101 cm³/mol. The van der Waals surface area contributed by atoms with Gasteiger partial charge in [0.1, 0.15) is 5.69 Å². The quantitative estimate of drug-likeness (QED) is 0.926. The van der Waals surface area contributed by atoms with Gasteiger partial charge in [0.15, 0.2) is 0 Å². The highest BCUT2D eigenvalue weighted by atomic mass is 16.2. The molecule has 0 unspecified atom stereocenters. The van der Waals surface area contributed by atoms with Crippen LogP contribution in [-0.2, 0) is 0 Å². The average molecular weight is 336 g/mol. The largest absolute Gasteiger partial charge is 0.372 e. The Morgan fingerprint density at radius 3 is 2.28 bits per heavy atom. The maximum atomic E-state index is 12.5. The third kappa shape index (κ3) is 3.60. The average Bonchev–Trinajstić information content (AvgIpc) is 3.36. The maximum Gasteiger partial charge on any atom is 0.272 e. The van der Waals surface area contributed by atoms with Gasteiger partial charge in [-0.05, 0) is 62.1 Å². The van der Waals surface area contributed by atoms with E-state index in [0.29, 0.717) is 5.69 Å². The van der Waals surface area contributed by atoms with Gasteiger partial charge in [-0.15, -0.1) is 0 Å². The number of carbonyl (C=O) groups is 1. The number of rotatable bonds is 4. The van der Waals surface area contributed by atoms with E-state index in [0.717, 1.165) is 50.4 Å². The number of amides is 1. The molecule has 0 spiro atoms. The predicted octanol–water partition coefficient (Wildman–Crippen LogP) is 3.66. The molecule has 0 radical (unpaired) electrons. The number of pyridine rings is 1. The maximum absolute atomic E-state index is 12.5. The normalized spacial score (nSPS) is 17.1. The summed E-state index contributed by atoms with van der Waals surface area (Å²) in [7, 11) is 0. The van der Waals surface area contributed by atoms with Crippen molar-refractivity contribution < 1.29 is 4.79 Å². The fourth-order valence-electron chi connectivity index (χ4n) is 3.61. The van der Waals surface area contributed by atoms with Crippen molar-refractivity contribution in [2.45, 2.75) is 25.7 Å². The van der Waals surface area contributed by atoms with E-state index in [1.165, 1.54) is 18.5 Å². The summed E-state index contributed by atoms with van der Waals surface area (Å²) in [6, 6.07) is 12.2. The van der Waals surface area contributed by atoms with Crippen molar-refractivity contribution in [3.63, 3.8) is 0 Å². The molecule has 130 valence electrons. The van der Waals surface area contributed by atoms with Gasteiger partial charge >= 0.3 is 0 Å². The molecule has 1 aromatic carbocycles. The van der Waals surface area contributed by atoms with Crippen molar-refractivity contribution in [1.82, 2.24) is 9.88 Å². The first-order valence-corrected chi connectivity index (χ1v) is 9.17. The van der Waals surface area contributed by atoms with Gasteiger partial charge < -0.3 is 15.1 Å². The van der Waals surface area contributed by atoms with Gasteiger partial charge in [-0.25, -0.2) is 0 Å². The third-order valence-electron chi connectivity index (χ3n) is 5.00. The zero-order chi connectivity index (χ0) is 17.1. The molecular formula is C20H24N4O. The molecule has 2 aromatic rings. The first kappa shape index (κ1) is 15.9. The van der Waals surface area contributed by atoms with Crippen LogP contribution in [0.4, 0.5) is 17.1 Å². The minimum atomic E-state index is 0.0329. The van der Waals surface area contributed by atoms with E-state index in [4.69, 9.17) is 0 Å². The van der Waals surface area contributed by atoms with E-state index >= 15 is 0 Å². The van der Waals surface area contributed by atoms with Crippen LogP contribution < -0.4 is 10.2 Å². The number of anilines is 3. The van der Waals surface area contributed by atoms with Gasteiger partial charge in [0.05, 0.1) is 0 Å². The molecule has 2 aliphatic rings. The second-order valence-electron chi connectivity index (χ2n) is 6.80. The van der Waals surface area contributed by atoms with Crippen molar-refractivity contribution in [3.8, 4) is 0 Å². The number of hydrogen-bond donors (Lipinski definition) is 1. The minimum absolute atomic E-state index is 0.0329. The monoisotopic (exact) mass is 336 g/mol. The molecule has 1 N–H and O–H groups in total. The summed E-state index contributed by atoms with van der Waals surface area (Å²) in [5.41, 5.74) is 3.71. The third-order valence-corrected chi connectivity index (χ3v) is 5.00. The molecule has 0 atom stereocenters. The number of carbonyl (C=O) groups excluding carboxylic acids is 1. The van der Waals surface area contributed by atoms with Crippen LogP contribution in [-0.4, -0.2) is 42.0 Å². The molecule has 0 saturated carbocycles. The number of likely N-dealkylation sites (tertiary alicyclic amines) is 1. The molecule has 1 amide bonds. The van der Waals surface area contributed by atoms with Gasteiger partial charge in [-0.1, -0.05) is 0 Å². The van der Waals surface area contributed by atoms with Gasteiger partial charge in [-0.3, -0.25) is 9.78 Å². The van der Waals surface area contributed by atoms with Gasteiger partial charge in [0.25, 0.3) is 5.91 Å². The van der Waals surface area contributed by atoms with Crippen LogP contribution in [0.3, 0.4) is 0 Å². The second-order valence-corrected chi connectivity index (χ2v) is 6.80. The fourth-order valence-corrected chi connectivity index (χ4v) is 3.61. The van der Waals surface area contributed by atoms with Crippen molar-refractivity contribution >= 4 is 23.0 Å². The van der Waals surface area contributed by atoms with E-state index < -0.39 is 0 Å². The molecule has 0 bridgehead atoms. The summed E-state index contributed by atoms with van der Waals surface area (Å²) in [6.07, 6.45) is 6.44. The van der Waals surface area contributed by atoms with E-state index in [1.54, 1.807) is 6.20 Å². The Morgan fingerprint density at radius 2 is 1.56 bits per heavy atom. The van der Waals surface area contributed by atoms with Crippen LogP contribution in [0.1, 0.15) is 36.2 Å². The highest BCUT2D eigenvalue weighted by Gasteiger charge is 2.20. The lowest BCUT2D eigenvalue weighted by Gasteiger charge is -2.18. The molecule has 2 saturated heterocycles. The van der Waals surface area contributed by atoms with Crippen LogP contribution in [0.15, 0.2) is 42.6 Å². The van der Waals surface area contributed by atoms with Gasteiger partial charge in [0, 0.05) is 49.4 Å². The van der Waals surface area contributed by atoms with E-state index in [2.05, 4.69) is 39.5 Å². The summed E-state index contributed by atoms with van der Waals surface area (Å²) >= 11 is 0. The summed E-state index contributed by atoms with van der Waals surface area (Å²) < 4.78 is 0. The second kappa shape index (κ2) is 7.13. The molecule has 5 heteroatoms. The summed E-state index contributed by atoms with van der Waals surface area (Å²) in [6.45, 7) is 3.99. The molecule has 2 aliphatic heterocycles. The van der Waals surface area contributed by atoms with E-state index in [1.807, 2.05) is 17.0 Å². The summed E-state index contributed by atoms with van der Waals surface area (Å²) in [5, 5.41) is 3.38. The fraction of sp³-hybridized carbons (Fsp3) is 0.400. The van der Waals surface area contributed by atoms with Gasteiger partial charge in [0.2, 0.25) is 0 Å². The van der Waals surface area contributed by atoms with Crippen molar-refractivity contribution in [2.75, 3.05) is 36.4 Å². The SMILES string of the molecule is O=C(c1cc(Nc2ccc(N3CCCC3)cc2)ccn1)N1CCCC1. The highest BCUT2D eigenvalue weighted by molar-refractivity contribution is 5.93. The molecule has 4 rings (SSSR count). The summed E-state index contributed by atoms with van der Waals surface area (Å²) in [4.78, 5) is 21.0. The Kier molecular flexibility index (Phi) is 4.55. The van der Waals surface area contributed by atoms with Crippen LogP contribution >= 0.6 is 0 Å². The molecule has 5 nitrogen and oxygen atoms in total. The van der Waals surface area contributed by atoms with Crippen molar-refractivity contribution in [3.05, 3.63) is 48.3 Å². The molecule has 0 aliphatic carbocycles. The lowest BCUT2D eigenvalue weighted by molar-refractivity contribution is 0.0787. The van der Waals surface area contributed by atoms with Crippen molar-refractivity contribution in [1.29, 1.82) is 0 Å². The summed E-state index contributed by atoms with van der Waals surface area (Å²) in [5.74, 6) is 0.0329. The molecule has 2 fully saturated rings. The van der Waals surface area contributed by atoms with Crippen LogP contribution in [0.5, 0.6) is 0 Å². The standard InChI is InChI=1S/C20H24N4O/c25-20(24-13-3-4-14-24)19-15-17(9-10-21-19)22-16-5-7-18(8-6-16)23-11-1-2-12-23/h5-10,15H,1-4,11-14H2,(H,21,22). The number of hydrogen-bond acceptors (Lipinski definition) is 4. The van der Waals surface area contributed by atoms with Crippen molar-refractivity contribution in [2.24, 2.45) is 0 Å². The number of nitrogens with one attached hydrogen (secondary N) is 1. The Morgan fingerprint density at radius 1 is 0.880 bits per heavy atom. The minimum Gasteiger partial charge on any atom is -0.372 e. The van der Waals surface area contributed by atoms with Crippen LogP contribution in [0, 0.1) is 0 Å². The van der Waals surface area contributed by atoms with Crippen LogP contribution in [0.25, 0.3) is 0 Å². The highest BCUT2D eigenvalue weighted by Crippen LogP contribution is 2.24. The topological polar surface area (TPSA) is 48.5 Å².